The fraction of sp³-hybridized carbons (Fsp3) is 0.283. The number of imidazole rings is 1. The van der Waals surface area contributed by atoms with Crippen LogP contribution in [0.4, 0.5) is 13.2 Å². The van der Waals surface area contributed by atoms with Crippen LogP contribution in [0.1, 0.15) is 64.0 Å². The maximum atomic E-state index is 14.7. The molecule has 0 unspecified atom stereocenters. The Balaban J connectivity index is 0.000000238. The number of rotatable bonds is 10. The molecule has 331 valence electrons. The minimum absolute atomic E-state index is 0. The molecule has 9 aromatic rings. The van der Waals surface area contributed by atoms with Crippen molar-refractivity contribution in [3.8, 4) is 22.6 Å². The number of aryl methyl sites for hydroxylation is 3. The fourth-order valence-corrected chi connectivity index (χ4v) is 9.73. The average Bonchev–Trinajstić information content (AvgIpc) is 3.83. The van der Waals surface area contributed by atoms with Crippen LogP contribution in [0.2, 0.25) is 19.6 Å². The van der Waals surface area contributed by atoms with Crippen LogP contribution in [0, 0.1) is 55.1 Å². The molecule has 5 heterocycles. The van der Waals surface area contributed by atoms with E-state index in [-0.39, 0.29) is 55.5 Å². The van der Waals surface area contributed by atoms with Crippen molar-refractivity contribution in [3.63, 3.8) is 0 Å². The number of fused-ring (bicyclic) bond motifs is 6. The van der Waals surface area contributed by atoms with Crippen LogP contribution in [0.25, 0.3) is 66.7 Å². The fourth-order valence-electron chi connectivity index (χ4n) is 8.14. The third-order valence-corrected chi connectivity index (χ3v) is 13.1. The topological polar surface area (TPSA) is 69.6 Å². The molecular weight excluding hydrogens is 1000 g/mol. The first kappa shape index (κ1) is 38.9. The van der Waals surface area contributed by atoms with Gasteiger partial charge in [0.25, 0.3) is 0 Å². The van der Waals surface area contributed by atoms with Crippen LogP contribution in [0.3, 0.4) is 0 Å². The van der Waals surface area contributed by atoms with E-state index in [2.05, 4.69) is 69.4 Å². The summed E-state index contributed by atoms with van der Waals surface area (Å²) in [5, 5.41) is 3.68. The predicted molar refractivity (Wildman–Crippen MR) is 252 cm³/mol. The molecule has 0 fully saturated rings. The Morgan fingerprint density at radius 2 is 1.56 bits per heavy atom. The molecule has 0 aliphatic heterocycles. The minimum atomic E-state index is -2.42. The summed E-state index contributed by atoms with van der Waals surface area (Å²) in [6.45, 7) is 10.8. The maximum Gasteiger partial charge on any atom is 0.216 e. The van der Waals surface area contributed by atoms with Gasteiger partial charge in [0.1, 0.15) is 11.6 Å². The SMILES string of the molecule is [2H]C([2H])([2H])c1c[c-]c(-c2cc(CC(C)C)c([Si](C)(C)C)cn2)c(F)c1.[2H]C([2H])([2H])c1ccc2ccc3nc(-c4[c-]ccc5c4oc4nc(CC(C)C)ccc45)n(CCc4c(F)cccc4F)c3c2n1.[Ir]. The van der Waals surface area contributed by atoms with Gasteiger partial charge in [0, 0.05) is 74.6 Å². The second-order valence-corrected chi connectivity index (χ2v) is 22.9. The van der Waals surface area contributed by atoms with Crippen LogP contribution in [-0.4, -0.2) is 32.6 Å². The monoisotopic (exact) mass is 1060 g/mol. The van der Waals surface area contributed by atoms with Gasteiger partial charge in [-0.1, -0.05) is 101 Å². The largest absolute Gasteiger partial charge is 0.486 e. The molecule has 1 radical (unpaired) electrons. The van der Waals surface area contributed by atoms with Crippen molar-refractivity contribution in [1.82, 2.24) is 24.5 Å². The van der Waals surface area contributed by atoms with E-state index in [0.29, 0.717) is 62.2 Å². The summed E-state index contributed by atoms with van der Waals surface area (Å²) >= 11 is 0. The molecular formula is C53H52F3IrN5OSi-2. The number of pyridine rings is 3. The maximum absolute atomic E-state index is 14.7. The van der Waals surface area contributed by atoms with Crippen molar-refractivity contribution in [2.75, 3.05) is 0 Å². The Labute approximate surface area is 396 Å². The summed E-state index contributed by atoms with van der Waals surface area (Å²) in [6, 6.07) is 28.8. The first-order valence-corrected chi connectivity index (χ1v) is 24.7. The number of benzene rings is 4. The van der Waals surface area contributed by atoms with Crippen molar-refractivity contribution in [2.24, 2.45) is 11.8 Å². The molecule has 5 aromatic heterocycles. The van der Waals surface area contributed by atoms with Gasteiger partial charge < -0.3 is 14.0 Å². The second kappa shape index (κ2) is 18.9. The van der Waals surface area contributed by atoms with E-state index in [9.17, 15) is 13.2 Å². The molecule has 0 saturated heterocycles. The first-order chi connectivity index (χ1) is 32.5. The Bertz CT molecular complexity index is 3360. The summed E-state index contributed by atoms with van der Waals surface area (Å²) in [5.74, 6) is -0.510. The van der Waals surface area contributed by atoms with Gasteiger partial charge in [-0.05, 0) is 85.2 Å². The molecule has 0 aliphatic rings. The third-order valence-electron chi connectivity index (χ3n) is 11.0. The average molecular weight is 1060 g/mol. The Morgan fingerprint density at radius 1 is 0.797 bits per heavy atom. The molecule has 6 nitrogen and oxygen atoms in total. The Kier molecular flexibility index (Phi) is 11.5. The molecule has 0 bridgehead atoms. The predicted octanol–water partition coefficient (Wildman–Crippen LogP) is 13.1. The van der Waals surface area contributed by atoms with Gasteiger partial charge >= 0.3 is 0 Å². The van der Waals surface area contributed by atoms with E-state index in [1.165, 1.54) is 41.1 Å². The number of aromatic nitrogens is 5. The molecule has 4 aromatic carbocycles. The van der Waals surface area contributed by atoms with Gasteiger partial charge in [0.05, 0.1) is 36.0 Å². The molecule has 0 saturated carbocycles. The summed E-state index contributed by atoms with van der Waals surface area (Å²) in [7, 11) is -1.56. The van der Waals surface area contributed by atoms with Crippen molar-refractivity contribution in [2.45, 2.75) is 86.8 Å². The summed E-state index contributed by atoms with van der Waals surface area (Å²) in [6.07, 6.45) is 3.60. The molecule has 0 amide bonds. The molecule has 0 spiro atoms. The quantitative estimate of drug-likeness (QED) is 0.101. The van der Waals surface area contributed by atoms with Crippen molar-refractivity contribution in [3.05, 3.63) is 149 Å². The van der Waals surface area contributed by atoms with Crippen molar-refractivity contribution < 1.29 is 45.9 Å². The van der Waals surface area contributed by atoms with Crippen LogP contribution in [0.5, 0.6) is 0 Å². The van der Waals surface area contributed by atoms with Gasteiger partial charge in [-0.2, -0.15) is 0 Å². The number of halogens is 3. The van der Waals surface area contributed by atoms with E-state index >= 15 is 0 Å². The van der Waals surface area contributed by atoms with Gasteiger partial charge in [-0.15, -0.1) is 42.0 Å². The Hall–Kier alpha value is -5.48. The minimum Gasteiger partial charge on any atom is -0.486 e. The second-order valence-electron chi connectivity index (χ2n) is 17.9. The smallest absolute Gasteiger partial charge is 0.216 e. The number of furan rings is 1. The number of nitrogens with zero attached hydrogens (tertiary/aromatic N) is 5. The van der Waals surface area contributed by atoms with Crippen molar-refractivity contribution in [1.29, 1.82) is 0 Å². The van der Waals surface area contributed by atoms with Gasteiger partial charge in [0.15, 0.2) is 0 Å². The molecule has 9 rings (SSSR count). The van der Waals surface area contributed by atoms with E-state index < -0.39 is 39.2 Å². The zero-order valence-electron chi connectivity index (χ0n) is 42.8. The zero-order valence-corrected chi connectivity index (χ0v) is 40.2. The molecule has 0 aliphatic carbocycles. The summed E-state index contributed by atoms with van der Waals surface area (Å²) < 4.78 is 98.1. The molecule has 0 atom stereocenters. The van der Waals surface area contributed by atoms with Gasteiger partial charge in [0.2, 0.25) is 5.71 Å². The third kappa shape index (κ3) is 9.63. The first-order valence-electron chi connectivity index (χ1n) is 24.2. The molecule has 11 heteroatoms. The van der Waals surface area contributed by atoms with E-state index in [1.54, 1.807) is 12.1 Å². The van der Waals surface area contributed by atoms with Crippen LogP contribution in [0.15, 0.2) is 95.5 Å². The number of hydrogen-bond donors (Lipinski definition) is 0. The standard InChI is InChI=1S/C34H27F2N4O.C19H25FNSi.Ir/c1-19(2)18-22-13-14-24-23-6-4-7-26(32(23)41-34(24)38-22)33-39-29-15-12-21-11-10-20(3)37-30(21)31(29)40(33)17-16-25-27(35)8-5-9-28(25)36;1-13(2)9-15-11-18(21-12-19(15)22(4,5)6)16-8-7-14(3)10-17(16)20;/h4-6,8-15,19H,16-18H2,1-3H3;7,10-13H,9H2,1-6H3;/q2*-1;/i2*3D3;. The molecule has 0 N–H and O–H groups in total. The molecule has 64 heavy (non-hydrogen) atoms. The number of hydrogen-bond acceptors (Lipinski definition) is 5. The zero-order chi connectivity index (χ0) is 49.7. The van der Waals surface area contributed by atoms with Crippen LogP contribution in [-0.2, 0) is 45.9 Å². The summed E-state index contributed by atoms with van der Waals surface area (Å²) in [4.78, 5) is 18.7. The normalized spacial score (nSPS) is 13.6. The van der Waals surface area contributed by atoms with E-state index in [1.807, 2.05) is 47.2 Å². The van der Waals surface area contributed by atoms with E-state index in [4.69, 9.17) is 22.6 Å². The van der Waals surface area contributed by atoms with E-state index in [0.717, 1.165) is 35.4 Å². The van der Waals surface area contributed by atoms with Gasteiger partial charge in [-0.25, -0.2) is 13.8 Å². The Morgan fingerprint density at radius 3 is 2.27 bits per heavy atom. The summed E-state index contributed by atoms with van der Waals surface area (Å²) in [5.41, 5.74) is 5.83. The van der Waals surface area contributed by atoms with Crippen LogP contribution < -0.4 is 5.19 Å². The van der Waals surface area contributed by atoms with Crippen LogP contribution >= 0.6 is 0 Å². The van der Waals surface area contributed by atoms with Crippen molar-refractivity contribution >= 4 is 57.3 Å². The van der Waals surface area contributed by atoms with Gasteiger partial charge in [-0.3, -0.25) is 14.4 Å².